The Kier molecular flexibility index (Phi) is 8.37. The topological polar surface area (TPSA) is 70.1 Å². The van der Waals surface area contributed by atoms with Crippen LogP contribution in [0.5, 0.6) is 0 Å². The van der Waals surface area contributed by atoms with Gasteiger partial charge in [0.1, 0.15) is 18.0 Å². The molecule has 194 valence electrons. The first-order chi connectivity index (χ1) is 17.1. The predicted octanol–water partition coefficient (Wildman–Crippen LogP) is 5.95. The van der Waals surface area contributed by atoms with Crippen LogP contribution in [0.15, 0.2) is 48.8 Å². The SMILES string of the molecule is CC(C)(C)c1cccc(C2(NCC(O)C(Cc3cc(F)cc(F)c3)Nc3ncns3)CCCCC2)c1. The molecule has 36 heavy (non-hydrogen) atoms. The Hall–Kier alpha value is -2.42. The molecule has 1 heterocycles. The van der Waals surface area contributed by atoms with Crippen molar-refractivity contribution < 1.29 is 13.9 Å². The molecule has 8 heteroatoms. The molecule has 2 aromatic carbocycles. The minimum absolute atomic E-state index is 0.0440. The van der Waals surface area contributed by atoms with Gasteiger partial charge < -0.3 is 15.7 Å². The van der Waals surface area contributed by atoms with Crippen LogP contribution in [-0.2, 0) is 17.4 Å². The summed E-state index contributed by atoms with van der Waals surface area (Å²) in [5, 5.41) is 18.8. The maximum absolute atomic E-state index is 13.8. The van der Waals surface area contributed by atoms with Gasteiger partial charge in [-0.3, -0.25) is 0 Å². The molecule has 2 atom stereocenters. The molecule has 1 fully saturated rings. The van der Waals surface area contributed by atoms with E-state index < -0.39 is 23.8 Å². The molecule has 0 amide bonds. The van der Waals surface area contributed by atoms with Gasteiger partial charge in [0.05, 0.1) is 12.1 Å². The number of hydrogen-bond acceptors (Lipinski definition) is 6. The lowest BCUT2D eigenvalue weighted by atomic mass is 9.74. The first-order valence-corrected chi connectivity index (χ1v) is 13.4. The van der Waals surface area contributed by atoms with Gasteiger partial charge in [-0.1, -0.05) is 64.3 Å². The molecule has 3 aromatic rings. The zero-order chi connectivity index (χ0) is 25.8. The quantitative estimate of drug-likeness (QED) is 0.329. The summed E-state index contributed by atoms with van der Waals surface area (Å²) < 4.78 is 31.7. The highest BCUT2D eigenvalue weighted by molar-refractivity contribution is 7.09. The predicted molar refractivity (Wildman–Crippen MR) is 141 cm³/mol. The Morgan fingerprint density at radius 1 is 1.06 bits per heavy atom. The highest BCUT2D eigenvalue weighted by Gasteiger charge is 2.35. The number of anilines is 1. The number of aliphatic hydroxyl groups excluding tert-OH is 1. The number of aromatic nitrogens is 2. The van der Waals surface area contributed by atoms with Crippen molar-refractivity contribution >= 4 is 16.7 Å². The standard InChI is InChI=1S/C28H36F2N4OS/c1-27(2,3)20-8-7-9-21(15-20)28(10-5-4-6-11-28)32-17-25(35)24(34-26-31-18-33-36-26)14-19-12-22(29)16-23(30)13-19/h7-9,12-13,15-16,18,24-25,32,35H,4-6,10-11,14,17H2,1-3H3,(H,31,33,34). The molecular formula is C28H36F2N4OS. The van der Waals surface area contributed by atoms with Gasteiger partial charge in [-0.25, -0.2) is 13.8 Å². The lowest BCUT2D eigenvalue weighted by molar-refractivity contribution is 0.122. The van der Waals surface area contributed by atoms with Gasteiger partial charge in [0.2, 0.25) is 5.13 Å². The van der Waals surface area contributed by atoms with Crippen LogP contribution in [0.1, 0.15) is 69.6 Å². The maximum Gasteiger partial charge on any atom is 0.202 e. The summed E-state index contributed by atoms with van der Waals surface area (Å²) in [5.41, 5.74) is 2.83. The van der Waals surface area contributed by atoms with Crippen LogP contribution in [0.3, 0.4) is 0 Å². The van der Waals surface area contributed by atoms with Crippen molar-refractivity contribution in [3.8, 4) is 0 Å². The van der Waals surface area contributed by atoms with E-state index in [0.717, 1.165) is 31.7 Å². The molecule has 2 unspecified atom stereocenters. The molecule has 1 aromatic heterocycles. The fourth-order valence-electron chi connectivity index (χ4n) is 5.11. The van der Waals surface area contributed by atoms with Gasteiger partial charge in [0, 0.05) is 29.7 Å². The number of halogens is 2. The van der Waals surface area contributed by atoms with Gasteiger partial charge in [-0.05, 0) is 53.5 Å². The molecule has 0 bridgehead atoms. The zero-order valence-corrected chi connectivity index (χ0v) is 22.0. The van der Waals surface area contributed by atoms with E-state index >= 15 is 0 Å². The minimum atomic E-state index is -0.829. The summed E-state index contributed by atoms with van der Waals surface area (Å²) in [6.07, 6.45) is 6.30. The van der Waals surface area contributed by atoms with Crippen LogP contribution in [-0.4, -0.2) is 33.2 Å². The van der Waals surface area contributed by atoms with E-state index in [1.165, 1.54) is 47.5 Å². The van der Waals surface area contributed by atoms with Crippen LogP contribution >= 0.6 is 11.5 Å². The summed E-state index contributed by atoms with van der Waals surface area (Å²) in [5.74, 6) is -1.26. The van der Waals surface area contributed by atoms with Crippen molar-refractivity contribution in [2.75, 3.05) is 11.9 Å². The fraction of sp³-hybridized carbons (Fsp3) is 0.500. The molecular weight excluding hydrogens is 478 g/mol. The lowest BCUT2D eigenvalue weighted by Gasteiger charge is -2.41. The maximum atomic E-state index is 13.8. The molecule has 4 rings (SSSR count). The first kappa shape index (κ1) is 26.6. The second-order valence-corrected chi connectivity index (χ2v) is 11.7. The smallest absolute Gasteiger partial charge is 0.202 e. The van der Waals surface area contributed by atoms with Gasteiger partial charge in [-0.2, -0.15) is 4.37 Å². The van der Waals surface area contributed by atoms with E-state index in [2.05, 4.69) is 65.0 Å². The average Bonchev–Trinajstić information content (AvgIpc) is 3.35. The Morgan fingerprint density at radius 3 is 2.42 bits per heavy atom. The molecule has 5 nitrogen and oxygen atoms in total. The zero-order valence-electron chi connectivity index (χ0n) is 21.2. The fourth-order valence-corrected chi connectivity index (χ4v) is 5.60. The van der Waals surface area contributed by atoms with Crippen molar-refractivity contribution in [2.24, 2.45) is 0 Å². The number of nitrogens with zero attached hydrogens (tertiary/aromatic N) is 2. The molecule has 1 aliphatic rings. The molecule has 0 aliphatic heterocycles. The van der Waals surface area contributed by atoms with Crippen molar-refractivity contribution in [3.05, 3.63) is 77.1 Å². The number of benzene rings is 2. The molecule has 1 aliphatic carbocycles. The second-order valence-electron chi connectivity index (χ2n) is 10.9. The Morgan fingerprint density at radius 2 is 1.78 bits per heavy atom. The van der Waals surface area contributed by atoms with E-state index in [4.69, 9.17) is 0 Å². The summed E-state index contributed by atoms with van der Waals surface area (Å²) in [4.78, 5) is 4.18. The van der Waals surface area contributed by atoms with Gasteiger partial charge in [-0.15, -0.1) is 0 Å². The monoisotopic (exact) mass is 514 g/mol. The third-order valence-electron chi connectivity index (χ3n) is 7.15. The third kappa shape index (κ3) is 6.66. The van der Waals surface area contributed by atoms with E-state index in [1.807, 2.05) is 0 Å². The largest absolute Gasteiger partial charge is 0.390 e. The van der Waals surface area contributed by atoms with Crippen LogP contribution in [0.4, 0.5) is 13.9 Å². The summed E-state index contributed by atoms with van der Waals surface area (Å²) >= 11 is 1.18. The van der Waals surface area contributed by atoms with Crippen molar-refractivity contribution in [1.82, 2.24) is 14.7 Å². The number of nitrogens with one attached hydrogen (secondary N) is 2. The second kappa shape index (κ2) is 11.3. The Labute approximate surface area is 216 Å². The number of hydrogen-bond donors (Lipinski definition) is 3. The van der Waals surface area contributed by atoms with Gasteiger partial charge in [0.25, 0.3) is 0 Å². The van der Waals surface area contributed by atoms with Crippen LogP contribution < -0.4 is 10.6 Å². The number of rotatable bonds is 9. The van der Waals surface area contributed by atoms with Crippen molar-refractivity contribution in [3.63, 3.8) is 0 Å². The summed E-state index contributed by atoms with van der Waals surface area (Å²) in [6, 6.07) is 11.7. The van der Waals surface area contributed by atoms with E-state index in [9.17, 15) is 13.9 Å². The minimum Gasteiger partial charge on any atom is -0.390 e. The molecule has 0 radical (unpaired) electrons. The molecule has 3 N–H and O–H groups in total. The van der Waals surface area contributed by atoms with Gasteiger partial charge >= 0.3 is 0 Å². The van der Waals surface area contributed by atoms with Crippen molar-refractivity contribution in [1.29, 1.82) is 0 Å². The van der Waals surface area contributed by atoms with Crippen LogP contribution in [0.2, 0.25) is 0 Å². The van der Waals surface area contributed by atoms with Crippen LogP contribution in [0.25, 0.3) is 0 Å². The van der Waals surface area contributed by atoms with E-state index in [1.54, 1.807) is 0 Å². The Balaban J connectivity index is 1.55. The Bertz CT molecular complexity index is 1110. The van der Waals surface area contributed by atoms with Gasteiger partial charge in [0.15, 0.2) is 0 Å². The summed E-state index contributed by atoms with van der Waals surface area (Å²) in [6.45, 7) is 6.98. The first-order valence-electron chi connectivity index (χ1n) is 12.7. The normalized spacial score (nSPS) is 17.5. The molecule has 0 saturated heterocycles. The highest BCUT2D eigenvalue weighted by Crippen LogP contribution is 2.38. The molecule has 1 saturated carbocycles. The van der Waals surface area contributed by atoms with Crippen LogP contribution in [0, 0.1) is 11.6 Å². The lowest BCUT2D eigenvalue weighted by Crippen LogP contribution is -2.50. The number of aliphatic hydroxyl groups is 1. The summed E-state index contributed by atoms with van der Waals surface area (Å²) in [7, 11) is 0. The van der Waals surface area contributed by atoms with Crippen molar-refractivity contribution in [2.45, 2.75) is 82.4 Å². The molecule has 0 spiro atoms. The van der Waals surface area contributed by atoms with E-state index in [0.29, 0.717) is 17.2 Å². The average molecular weight is 515 g/mol. The van der Waals surface area contributed by atoms with E-state index in [-0.39, 0.29) is 17.4 Å². The highest BCUT2D eigenvalue weighted by atomic mass is 32.1. The third-order valence-corrected chi connectivity index (χ3v) is 7.75.